The van der Waals surface area contributed by atoms with Crippen molar-refractivity contribution >= 4 is 29.3 Å². The molecule has 6 heteroatoms. The molecule has 0 aliphatic carbocycles. The minimum absolute atomic E-state index is 0.0664. The van der Waals surface area contributed by atoms with Crippen LogP contribution in [0.15, 0.2) is 29.2 Å². The maximum Gasteiger partial charge on any atom is 0.307 e. The first-order valence-corrected chi connectivity index (χ1v) is 7.38. The summed E-state index contributed by atoms with van der Waals surface area (Å²) >= 11 is 1.39. The molecule has 1 amide bonds. The van der Waals surface area contributed by atoms with Crippen molar-refractivity contribution in [3.8, 4) is 0 Å². The van der Waals surface area contributed by atoms with Gasteiger partial charge in [-0.05, 0) is 19.1 Å². The highest BCUT2D eigenvalue weighted by atomic mass is 32.2. The van der Waals surface area contributed by atoms with Crippen LogP contribution in [-0.4, -0.2) is 36.9 Å². The van der Waals surface area contributed by atoms with Crippen molar-refractivity contribution < 1.29 is 19.1 Å². The molecule has 0 spiro atoms. The second-order valence-corrected chi connectivity index (χ2v) is 5.46. The van der Waals surface area contributed by atoms with Gasteiger partial charge in [0.15, 0.2) is 0 Å². The van der Waals surface area contributed by atoms with Crippen LogP contribution in [0.3, 0.4) is 0 Å². The number of esters is 1. The predicted molar refractivity (Wildman–Crippen MR) is 76.8 cm³/mol. The zero-order valence-electron chi connectivity index (χ0n) is 11.3. The van der Waals surface area contributed by atoms with E-state index >= 15 is 0 Å². The minimum atomic E-state index is -0.440. The Balaban J connectivity index is 1.84. The average molecular weight is 295 g/mol. The zero-order chi connectivity index (χ0) is 14.4. The van der Waals surface area contributed by atoms with Crippen LogP contribution in [-0.2, 0) is 19.1 Å². The van der Waals surface area contributed by atoms with Gasteiger partial charge in [0.2, 0.25) is 5.91 Å². The van der Waals surface area contributed by atoms with Crippen molar-refractivity contribution in [2.75, 3.05) is 25.1 Å². The summed E-state index contributed by atoms with van der Waals surface area (Å²) in [7, 11) is 0. The van der Waals surface area contributed by atoms with Gasteiger partial charge in [0, 0.05) is 11.5 Å². The zero-order valence-corrected chi connectivity index (χ0v) is 12.1. The van der Waals surface area contributed by atoms with Gasteiger partial charge >= 0.3 is 5.97 Å². The van der Waals surface area contributed by atoms with E-state index < -0.39 is 5.25 Å². The number of rotatable bonds is 6. The number of para-hydroxylation sites is 1. The smallest absolute Gasteiger partial charge is 0.307 e. The van der Waals surface area contributed by atoms with Crippen molar-refractivity contribution in [2.45, 2.75) is 23.5 Å². The molecule has 1 aromatic rings. The van der Waals surface area contributed by atoms with E-state index in [2.05, 4.69) is 5.32 Å². The summed E-state index contributed by atoms with van der Waals surface area (Å²) in [5.41, 5.74) is 0.795. The molecule has 0 bridgehead atoms. The number of fused-ring (bicyclic) bond motifs is 1. The highest BCUT2D eigenvalue weighted by Gasteiger charge is 2.29. The van der Waals surface area contributed by atoms with E-state index in [1.807, 2.05) is 31.2 Å². The van der Waals surface area contributed by atoms with Crippen molar-refractivity contribution in [1.29, 1.82) is 0 Å². The Hall–Kier alpha value is -1.53. The fourth-order valence-corrected chi connectivity index (χ4v) is 2.89. The Morgan fingerprint density at radius 1 is 1.35 bits per heavy atom. The maximum absolute atomic E-state index is 11.9. The van der Waals surface area contributed by atoms with Crippen molar-refractivity contribution in [2.24, 2.45) is 0 Å². The van der Waals surface area contributed by atoms with E-state index in [0.29, 0.717) is 13.2 Å². The van der Waals surface area contributed by atoms with E-state index in [9.17, 15) is 9.59 Å². The fourth-order valence-electron chi connectivity index (χ4n) is 1.80. The summed E-state index contributed by atoms with van der Waals surface area (Å²) < 4.78 is 10.1. The summed E-state index contributed by atoms with van der Waals surface area (Å²) in [5, 5.41) is 2.36. The van der Waals surface area contributed by atoms with Crippen LogP contribution >= 0.6 is 11.8 Å². The van der Waals surface area contributed by atoms with Crippen molar-refractivity contribution in [3.63, 3.8) is 0 Å². The lowest BCUT2D eigenvalue weighted by molar-refractivity contribution is -0.145. The minimum Gasteiger partial charge on any atom is -0.463 e. The molecule has 5 nitrogen and oxygen atoms in total. The summed E-state index contributed by atoms with van der Waals surface area (Å²) in [6.45, 7) is 3.08. The van der Waals surface area contributed by atoms with Gasteiger partial charge in [-0.25, -0.2) is 0 Å². The van der Waals surface area contributed by atoms with Gasteiger partial charge in [-0.3, -0.25) is 9.59 Å². The number of hydrogen-bond acceptors (Lipinski definition) is 5. The Morgan fingerprint density at radius 3 is 2.95 bits per heavy atom. The van der Waals surface area contributed by atoms with Crippen LogP contribution in [0.1, 0.15) is 13.3 Å². The van der Waals surface area contributed by atoms with Gasteiger partial charge in [-0.2, -0.15) is 0 Å². The SMILES string of the molecule is CCOCCOC(=O)C[C@H]1Sc2ccccc2NC1=O. The summed E-state index contributed by atoms with van der Waals surface area (Å²) in [5.74, 6) is -0.535. The molecule has 1 aliphatic rings. The molecule has 1 aliphatic heterocycles. The first-order chi connectivity index (χ1) is 9.70. The summed E-state index contributed by atoms with van der Waals surface area (Å²) in [4.78, 5) is 24.5. The molecule has 0 saturated carbocycles. The number of hydrogen-bond donors (Lipinski definition) is 1. The second kappa shape index (κ2) is 7.31. The van der Waals surface area contributed by atoms with Crippen LogP contribution in [0, 0.1) is 0 Å². The van der Waals surface area contributed by atoms with Gasteiger partial charge in [-0.1, -0.05) is 12.1 Å². The average Bonchev–Trinajstić information content (AvgIpc) is 2.44. The van der Waals surface area contributed by atoms with E-state index in [1.54, 1.807) is 0 Å². The molecule has 108 valence electrons. The second-order valence-electron chi connectivity index (χ2n) is 4.21. The van der Waals surface area contributed by atoms with E-state index in [0.717, 1.165) is 10.6 Å². The van der Waals surface area contributed by atoms with Crippen LogP contribution in [0.25, 0.3) is 0 Å². The number of carbonyl (C=O) groups excluding carboxylic acids is 2. The molecule has 2 rings (SSSR count). The normalized spacial score (nSPS) is 17.2. The Morgan fingerprint density at radius 2 is 2.15 bits per heavy atom. The Labute approximate surface area is 122 Å². The molecule has 0 saturated heterocycles. The molecule has 0 radical (unpaired) electrons. The summed E-state index contributed by atoms with van der Waals surface area (Å²) in [6.07, 6.45) is 0.0664. The third-order valence-electron chi connectivity index (χ3n) is 2.75. The number of amides is 1. The first-order valence-electron chi connectivity index (χ1n) is 6.50. The third kappa shape index (κ3) is 3.98. The lowest BCUT2D eigenvalue weighted by atomic mass is 10.2. The third-order valence-corrected chi connectivity index (χ3v) is 4.03. The van der Waals surface area contributed by atoms with Crippen LogP contribution in [0.4, 0.5) is 5.69 Å². The van der Waals surface area contributed by atoms with Gasteiger partial charge in [-0.15, -0.1) is 11.8 Å². The van der Waals surface area contributed by atoms with Crippen molar-refractivity contribution in [3.05, 3.63) is 24.3 Å². The molecule has 0 unspecified atom stereocenters. The highest BCUT2D eigenvalue weighted by molar-refractivity contribution is 8.01. The van der Waals surface area contributed by atoms with E-state index in [1.165, 1.54) is 11.8 Å². The van der Waals surface area contributed by atoms with Crippen LogP contribution in [0.2, 0.25) is 0 Å². The van der Waals surface area contributed by atoms with Gasteiger partial charge < -0.3 is 14.8 Å². The van der Waals surface area contributed by atoms with E-state index in [4.69, 9.17) is 9.47 Å². The fraction of sp³-hybridized carbons (Fsp3) is 0.429. The van der Waals surface area contributed by atoms with E-state index in [-0.39, 0.29) is 24.9 Å². The molecule has 1 heterocycles. The molecular weight excluding hydrogens is 278 g/mol. The lowest BCUT2D eigenvalue weighted by Gasteiger charge is -2.23. The first kappa shape index (κ1) is 14.9. The number of thioether (sulfide) groups is 1. The monoisotopic (exact) mass is 295 g/mol. The largest absolute Gasteiger partial charge is 0.463 e. The standard InChI is InChI=1S/C14H17NO4S/c1-2-18-7-8-19-13(16)9-12-14(17)15-10-5-3-4-6-11(10)20-12/h3-6,12H,2,7-9H2,1H3,(H,15,17)/t12-/m1/s1. The number of nitrogens with one attached hydrogen (secondary N) is 1. The topological polar surface area (TPSA) is 64.6 Å². The molecule has 0 aromatic heterocycles. The molecule has 1 atom stereocenters. The highest BCUT2D eigenvalue weighted by Crippen LogP contribution is 2.36. The number of benzene rings is 1. The summed E-state index contributed by atoms with van der Waals surface area (Å²) in [6, 6.07) is 7.53. The van der Waals surface area contributed by atoms with Gasteiger partial charge in [0.1, 0.15) is 6.61 Å². The quantitative estimate of drug-likeness (QED) is 0.643. The molecular formula is C14H17NO4S. The van der Waals surface area contributed by atoms with Crippen LogP contribution < -0.4 is 5.32 Å². The molecule has 20 heavy (non-hydrogen) atoms. The maximum atomic E-state index is 11.9. The number of anilines is 1. The number of ether oxygens (including phenoxy) is 2. The van der Waals surface area contributed by atoms with Gasteiger partial charge in [0.25, 0.3) is 0 Å². The Kier molecular flexibility index (Phi) is 5.43. The molecule has 0 fully saturated rings. The van der Waals surface area contributed by atoms with Gasteiger partial charge in [0.05, 0.1) is 24.0 Å². The van der Waals surface area contributed by atoms with Crippen molar-refractivity contribution in [1.82, 2.24) is 0 Å². The predicted octanol–water partition coefficient (Wildman–Crippen LogP) is 2.07. The lowest BCUT2D eigenvalue weighted by Crippen LogP contribution is -2.31. The molecule has 1 N–H and O–H groups in total. The molecule has 1 aromatic carbocycles. The number of carbonyl (C=O) groups is 2. The Bertz CT molecular complexity index is 492. The van der Waals surface area contributed by atoms with Crippen LogP contribution in [0.5, 0.6) is 0 Å².